The Hall–Kier alpha value is -2.79. The quantitative estimate of drug-likeness (QED) is 0.636. The van der Waals surface area contributed by atoms with E-state index in [4.69, 9.17) is 9.47 Å². The Kier molecular flexibility index (Phi) is 5.36. The van der Waals surface area contributed by atoms with E-state index in [1.54, 1.807) is 0 Å². The summed E-state index contributed by atoms with van der Waals surface area (Å²) < 4.78 is 11.3. The van der Waals surface area contributed by atoms with Crippen LogP contribution in [0.3, 0.4) is 0 Å². The summed E-state index contributed by atoms with van der Waals surface area (Å²) in [6, 6.07) is 18.5. The molecule has 0 aliphatic heterocycles. The van der Waals surface area contributed by atoms with Gasteiger partial charge in [-0.3, -0.25) is 4.79 Å². The number of nitrogens with one attached hydrogen (secondary N) is 1. The van der Waals surface area contributed by atoms with E-state index in [-0.39, 0.29) is 5.91 Å². The van der Waals surface area contributed by atoms with Crippen molar-refractivity contribution < 1.29 is 14.3 Å². The van der Waals surface area contributed by atoms with Gasteiger partial charge < -0.3 is 14.8 Å². The number of ether oxygens (including phenoxy) is 2. The molecule has 25 heavy (non-hydrogen) atoms. The first-order valence-corrected chi connectivity index (χ1v) is 8.85. The number of carbonyl (C=O) groups excluding carboxylic acids is 1. The topological polar surface area (TPSA) is 47.6 Å². The number of carbonyl (C=O) groups is 1. The first-order chi connectivity index (χ1) is 12.2. The number of hydrogen-bond donors (Lipinski definition) is 1. The minimum Gasteiger partial charge on any atom is -0.494 e. The molecule has 2 aromatic carbocycles. The lowest BCUT2D eigenvalue weighted by atomic mass is 10.2. The third kappa shape index (κ3) is 4.39. The number of aryl methyl sites for hydroxylation is 1. The number of thiophene rings is 1. The standard InChI is InChI=1S/C20H19NO3S/c1-3-23-15-9-11-16(12-10-15)24-18-7-5-4-6-17(18)21-20(22)19-13-8-14(2)25-19/h4-13H,3H2,1-2H3,(H,21,22). The molecule has 1 N–H and O–H groups in total. The van der Waals surface area contributed by atoms with Crippen molar-refractivity contribution in [3.05, 3.63) is 70.4 Å². The van der Waals surface area contributed by atoms with Crippen molar-refractivity contribution in [1.29, 1.82) is 0 Å². The van der Waals surface area contributed by atoms with Crippen LogP contribution in [0.1, 0.15) is 21.5 Å². The van der Waals surface area contributed by atoms with Crippen LogP contribution in [0.2, 0.25) is 0 Å². The van der Waals surface area contributed by atoms with Gasteiger partial charge in [0, 0.05) is 4.88 Å². The molecular weight excluding hydrogens is 334 g/mol. The van der Waals surface area contributed by atoms with Crippen LogP contribution < -0.4 is 14.8 Å². The maximum absolute atomic E-state index is 12.4. The highest BCUT2D eigenvalue weighted by Crippen LogP contribution is 2.31. The van der Waals surface area contributed by atoms with Crippen molar-refractivity contribution in [2.45, 2.75) is 13.8 Å². The molecule has 0 radical (unpaired) electrons. The lowest BCUT2D eigenvalue weighted by Gasteiger charge is -2.12. The molecule has 0 unspecified atom stereocenters. The zero-order valence-electron chi connectivity index (χ0n) is 14.1. The first kappa shape index (κ1) is 17.0. The van der Waals surface area contributed by atoms with Gasteiger partial charge in [-0.25, -0.2) is 0 Å². The van der Waals surface area contributed by atoms with Gasteiger partial charge in [-0.2, -0.15) is 0 Å². The maximum Gasteiger partial charge on any atom is 0.265 e. The molecule has 3 rings (SSSR count). The molecule has 0 spiro atoms. The van der Waals surface area contributed by atoms with E-state index in [0.29, 0.717) is 28.7 Å². The second kappa shape index (κ2) is 7.85. The Labute approximate surface area is 151 Å². The lowest BCUT2D eigenvalue weighted by Crippen LogP contribution is -2.10. The fraction of sp³-hybridized carbons (Fsp3) is 0.150. The number of anilines is 1. The van der Waals surface area contributed by atoms with Gasteiger partial charge in [-0.1, -0.05) is 12.1 Å². The van der Waals surface area contributed by atoms with E-state index >= 15 is 0 Å². The molecular formula is C20H19NO3S. The van der Waals surface area contributed by atoms with Crippen molar-refractivity contribution in [3.63, 3.8) is 0 Å². The van der Waals surface area contributed by atoms with E-state index in [1.807, 2.05) is 74.5 Å². The summed E-state index contributed by atoms with van der Waals surface area (Å²) in [4.78, 5) is 14.2. The molecule has 1 heterocycles. The molecule has 0 aliphatic rings. The number of para-hydroxylation sites is 2. The molecule has 1 aromatic heterocycles. The number of benzene rings is 2. The predicted octanol–water partition coefficient (Wildman–Crippen LogP) is 5.50. The third-order valence-corrected chi connectivity index (χ3v) is 4.46. The second-order valence-corrected chi connectivity index (χ2v) is 6.65. The largest absolute Gasteiger partial charge is 0.494 e. The van der Waals surface area contributed by atoms with Gasteiger partial charge in [0.05, 0.1) is 17.2 Å². The Morgan fingerprint density at radius 3 is 2.40 bits per heavy atom. The third-order valence-electron chi connectivity index (χ3n) is 3.46. The summed E-state index contributed by atoms with van der Waals surface area (Å²) >= 11 is 1.46. The molecule has 128 valence electrons. The zero-order valence-corrected chi connectivity index (χ0v) is 14.9. The first-order valence-electron chi connectivity index (χ1n) is 8.03. The molecule has 0 atom stereocenters. The van der Waals surface area contributed by atoms with Gasteiger partial charge in [0.1, 0.15) is 11.5 Å². The summed E-state index contributed by atoms with van der Waals surface area (Å²) in [6.45, 7) is 4.54. The molecule has 4 nitrogen and oxygen atoms in total. The molecule has 0 bridgehead atoms. The van der Waals surface area contributed by atoms with Gasteiger partial charge >= 0.3 is 0 Å². The molecule has 1 amide bonds. The average molecular weight is 353 g/mol. The highest BCUT2D eigenvalue weighted by Gasteiger charge is 2.12. The van der Waals surface area contributed by atoms with Crippen LogP contribution >= 0.6 is 11.3 Å². The highest BCUT2D eigenvalue weighted by molar-refractivity contribution is 7.14. The molecule has 0 saturated heterocycles. The van der Waals surface area contributed by atoms with Gasteiger partial charge in [0.15, 0.2) is 5.75 Å². The Bertz CT molecular complexity index is 855. The van der Waals surface area contributed by atoms with Crippen LogP contribution in [-0.4, -0.2) is 12.5 Å². The van der Waals surface area contributed by atoms with Crippen molar-refractivity contribution in [2.24, 2.45) is 0 Å². The van der Waals surface area contributed by atoms with E-state index in [1.165, 1.54) is 11.3 Å². The fourth-order valence-corrected chi connectivity index (χ4v) is 3.06. The summed E-state index contributed by atoms with van der Waals surface area (Å²) in [5.41, 5.74) is 0.632. The van der Waals surface area contributed by atoms with E-state index < -0.39 is 0 Å². The lowest BCUT2D eigenvalue weighted by molar-refractivity contribution is 0.103. The molecule has 5 heteroatoms. The Morgan fingerprint density at radius 1 is 1.00 bits per heavy atom. The van der Waals surface area contributed by atoms with Crippen LogP contribution in [0.15, 0.2) is 60.7 Å². The smallest absolute Gasteiger partial charge is 0.265 e. The van der Waals surface area contributed by atoms with Crippen molar-refractivity contribution in [2.75, 3.05) is 11.9 Å². The number of amides is 1. The minimum absolute atomic E-state index is 0.138. The normalized spacial score (nSPS) is 10.3. The van der Waals surface area contributed by atoms with Crippen LogP contribution in [0, 0.1) is 6.92 Å². The van der Waals surface area contributed by atoms with E-state index in [0.717, 1.165) is 10.6 Å². The predicted molar refractivity (Wildman–Crippen MR) is 101 cm³/mol. The van der Waals surface area contributed by atoms with Crippen LogP contribution in [0.5, 0.6) is 17.2 Å². The van der Waals surface area contributed by atoms with Gasteiger partial charge in [-0.15, -0.1) is 11.3 Å². The summed E-state index contributed by atoms with van der Waals surface area (Å²) in [5, 5.41) is 2.91. The highest BCUT2D eigenvalue weighted by atomic mass is 32.1. The molecule has 0 saturated carbocycles. The van der Waals surface area contributed by atoms with Gasteiger partial charge in [0.25, 0.3) is 5.91 Å². The van der Waals surface area contributed by atoms with Crippen molar-refractivity contribution >= 4 is 22.9 Å². The summed E-state index contributed by atoms with van der Waals surface area (Å²) in [5.74, 6) is 1.93. The molecule has 0 aliphatic carbocycles. The van der Waals surface area contributed by atoms with Crippen LogP contribution in [0.4, 0.5) is 5.69 Å². The SMILES string of the molecule is CCOc1ccc(Oc2ccccc2NC(=O)c2ccc(C)s2)cc1. The maximum atomic E-state index is 12.4. The van der Waals surface area contributed by atoms with Gasteiger partial charge in [-0.05, 0) is 62.4 Å². The van der Waals surface area contributed by atoms with E-state index in [9.17, 15) is 4.79 Å². The number of rotatable bonds is 6. The van der Waals surface area contributed by atoms with Crippen LogP contribution in [0.25, 0.3) is 0 Å². The zero-order chi connectivity index (χ0) is 17.6. The minimum atomic E-state index is -0.138. The second-order valence-electron chi connectivity index (χ2n) is 5.37. The summed E-state index contributed by atoms with van der Waals surface area (Å²) in [7, 11) is 0. The molecule has 0 fully saturated rings. The summed E-state index contributed by atoms with van der Waals surface area (Å²) in [6.07, 6.45) is 0. The van der Waals surface area contributed by atoms with Crippen LogP contribution in [-0.2, 0) is 0 Å². The Morgan fingerprint density at radius 2 is 1.72 bits per heavy atom. The number of hydrogen-bond acceptors (Lipinski definition) is 4. The van der Waals surface area contributed by atoms with Gasteiger partial charge in [0.2, 0.25) is 0 Å². The van der Waals surface area contributed by atoms with Crippen molar-refractivity contribution in [1.82, 2.24) is 0 Å². The monoisotopic (exact) mass is 353 g/mol. The molecule has 3 aromatic rings. The Balaban J connectivity index is 1.75. The van der Waals surface area contributed by atoms with E-state index in [2.05, 4.69) is 5.32 Å². The van der Waals surface area contributed by atoms with Crippen molar-refractivity contribution in [3.8, 4) is 17.2 Å². The fourth-order valence-electron chi connectivity index (χ4n) is 2.30. The average Bonchev–Trinajstić information content (AvgIpc) is 3.05.